The summed E-state index contributed by atoms with van der Waals surface area (Å²) >= 11 is 0. The number of rotatable bonds is 5. The molecule has 0 aliphatic rings. The van der Waals surface area contributed by atoms with Crippen LogP contribution in [0.1, 0.15) is 18.1 Å². The highest BCUT2D eigenvalue weighted by molar-refractivity contribution is 5.87. The molecule has 1 N–H and O–H groups in total. The Kier molecular flexibility index (Phi) is 6.04. The normalized spacial score (nSPS) is 10.2. The number of amides is 1. The highest BCUT2D eigenvalue weighted by Crippen LogP contribution is 2.18. The third-order valence-corrected chi connectivity index (χ3v) is 3.15. The summed E-state index contributed by atoms with van der Waals surface area (Å²) in [6.07, 6.45) is 3.19. The van der Waals surface area contributed by atoms with Gasteiger partial charge >= 0.3 is 0 Å². The van der Waals surface area contributed by atoms with Gasteiger partial charge in [0.05, 0.1) is 11.4 Å². The van der Waals surface area contributed by atoms with Gasteiger partial charge in [0.1, 0.15) is 6.01 Å². The monoisotopic (exact) mass is 305 g/mol. The first-order valence-electron chi connectivity index (χ1n) is 7.40. The van der Waals surface area contributed by atoms with Crippen LogP contribution in [0.3, 0.4) is 0 Å². The van der Waals surface area contributed by atoms with E-state index in [-0.39, 0.29) is 5.91 Å². The maximum atomic E-state index is 11.5. The Morgan fingerprint density at radius 3 is 2.61 bits per heavy atom. The van der Waals surface area contributed by atoms with Crippen molar-refractivity contribution in [1.29, 1.82) is 0 Å². The number of para-hydroxylation sites is 1. The number of hydrogen-bond acceptors (Lipinski definition) is 3. The van der Waals surface area contributed by atoms with E-state index in [0.29, 0.717) is 6.54 Å². The molecule has 2 aromatic carbocycles. The lowest BCUT2D eigenvalue weighted by molar-refractivity contribution is -0.116. The molecule has 4 nitrogen and oxygen atoms in total. The summed E-state index contributed by atoms with van der Waals surface area (Å²) < 4.78 is 0. The molecule has 4 heteroatoms. The minimum Gasteiger partial charge on any atom is -0.348 e. The van der Waals surface area contributed by atoms with E-state index < -0.39 is 0 Å². The number of aliphatic imine (C=N–C) groups is 2. The van der Waals surface area contributed by atoms with Gasteiger partial charge in [-0.3, -0.25) is 4.79 Å². The Morgan fingerprint density at radius 2 is 1.87 bits per heavy atom. The van der Waals surface area contributed by atoms with Crippen molar-refractivity contribution in [3.8, 4) is 0 Å². The zero-order valence-corrected chi connectivity index (χ0v) is 13.3. The number of nitrogens with one attached hydrogen (secondary N) is 1. The van der Waals surface area contributed by atoms with Crippen molar-refractivity contribution in [2.45, 2.75) is 20.4 Å². The van der Waals surface area contributed by atoms with Crippen molar-refractivity contribution >= 4 is 23.3 Å². The van der Waals surface area contributed by atoms with E-state index in [1.54, 1.807) is 13.0 Å². The molecule has 0 radical (unpaired) electrons. The van der Waals surface area contributed by atoms with Crippen LogP contribution in [0.4, 0.5) is 11.4 Å². The Morgan fingerprint density at radius 1 is 1.13 bits per heavy atom. The lowest BCUT2D eigenvalue weighted by Gasteiger charge is -2.04. The Balaban J connectivity index is 2.11. The molecule has 116 valence electrons. The molecule has 0 saturated heterocycles. The van der Waals surface area contributed by atoms with Gasteiger partial charge in [-0.05, 0) is 43.7 Å². The standard InChI is InChI=1S/C19H19N3O/c1-3-6-19(23)20-13-16-7-4-5-8-18(16)22-14-21-17-11-9-15(2)10-12-17/h3-12H,13H2,1-2H3,(H,20,23)/b6-3+. The fraction of sp³-hybridized carbons (Fsp3) is 0.158. The fourth-order valence-electron chi connectivity index (χ4n) is 1.92. The second-order valence-electron chi connectivity index (χ2n) is 5.01. The number of carbonyl (C=O) groups is 1. The maximum Gasteiger partial charge on any atom is 0.243 e. The van der Waals surface area contributed by atoms with Crippen LogP contribution in [-0.4, -0.2) is 11.9 Å². The second kappa shape index (κ2) is 8.47. The number of aryl methyl sites for hydroxylation is 1. The molecule has 0 unspecified atom stereocenters. The minimum absolute atomic E-state index is 0.125. The average molecular weight is 305 g/mol. The van der Waals surface area contributed by atoms with Gasteiger partial charge in [-0.2, -0.15) is 9.98 Å². The summed E-state index contributed by atoms with van der Waals surface area (Å²) in [6.45, 7) is 4.24. The van der Waals surface area contributed by atoms with Crippen molar-refractivity contribution in [2.75, 3.05) is 0 Å². The van der Waals surface area contributed by atoms with Gasteiger partial charge in [-0.1, -0.05) is 42.0 Å². The summed E-state index contributed by atoms with van der Waals surface area (Å²) in [5, 5.41) is 2.81. The topological polar surface area (TPSA) is 53.8 Å². The fourth-order valence-corrected chi connectivity index (χ4v) is 1.92. The van der Waals surface area contributed by atoms with Gasteiger partial charge in [-0.25, -0.2) is 0 Å². The molecule has 0 spiro atoms. The van der Waals surface area contributed by atoms with E-state index in [4.69, 9.17) is 0 Å². The zero-order chi connectivity index (χ0) is 16.5. The molecule has 0 atom stereocenters. The van der Waals surface area contributed by atoms with E-state index in [0.717, 1.165) is 16.9 Å². The van der Waals surface area contributed by atoms with Gasteiger partial charge in [0, 0.05) is 6.54 Å². The minimum atomic E-state index is -0.125. The summed E-state index contributed by atoms with van der Waals surface area (Å²) in [4.78, 5) is 19.9. The van der Waals surface area contributed by atoms with E-state index in [1.165, 1.54) is 11.6 Å². The quantitative estimate of drug-likeness (QED) is 0.649. The number of allylic oxidation sites excluding steroid dienone is 1. The zero-order valence-electron chi connectivity index (χ0n) is 13.3. The van der Waals surface area contributed by atoms with Gasteiger partial charge in [0.25, 0.3) is 0 Å². The molecule has 0 fully saturated rings. The van der Waals surface area contributed by atoms with Crippen LogP contribution in [0.2, 0.25) is 0 Å². The highest BCUT2D eigenvalue weighted by atomic mass is 16.1. The van der Waals surface area contributed by atoms with Gasteiger partial charge < -0.3 is 5.32 Å². The van der Waals surface area contributed by atoms with Crippen molar-refractivity contribution in [3.63, 3.8) is 0 Å². The first-order chi connectivity index (χ1) is 11.2. The molecule has 2 aromatic rings. The maximum absolute atomic E-state index is 11.5. The average Bonchev–Trinajstić information content (AvgIpc) is 2.56. The van der Waals surface area contributed by atoms with Crippen LogP contribution >= 0.6 is 0 Å². The molecule has 0 aliphatic carbocycles. The number of benzene rings is 2. The van der Waals surface area contributed by atoms with E-state index in [1.807, 2.05) is 55.5 Å². The van der Waals surface area contributed by atoms with Crippen molar-refractivity contribution in [1.82, 2.24) is 5.32 Å². The molecule has 0 aliphatic heterocycles. The van der Waals surface area contributed by atoms with Gasteiger partial charge in [0.2, 0.25) is 5.91 Å². The van der Waals surface area contributed by atoms with Crippen LogP contribution in [0.15, 0.2) is 70.7 Å². The molecule has 0 saturated carbocycles. The largest absolute Gasteiger partial charge is 0.348 e. The van der Waals surface area contributed by atoms with E-state index in [9.17, 15) is 4.79 Å². The molecule has 2 rings (SSSR count). The number of carbonyl (C=O) groups excluding carboxylic acids is 1. The predicted octanol–water partition coefficient (Wildman–Crippen LogP) is 4.32. The third kappa shape index (κ3) is 5.38. The van der Waals surface area contributed by atoms with Gasteiger partial charge in [0.15, 0.2) is 0 Å². The lowest BCUT2D eigenvalue weighted by atomic mass is 10.2. The highest BCUT2D eigenvalue weighted by Gasteiger charge is 2.01. The molecular formula is C19H19N3O. The smallest absolute Gasteiger partial charge is 0.243 e. The van der Waals surface area contributed by atoms with E-state index >= 15 is 0 Å². The SMILES string of the molecule is C/C=C/C(=O)NCc1ccccc1N=C=Nc1ccc(C)cc1. The summed E-state index contributed by atoms with van der Waals surface area (Å²) in [5.74, 6) is -0.125. The lowest BCUT2D eigenvalue weighted by Crippen LogP contribution is -2.20. The molecule has 23 heavy (non-hydrogen) atoms. The Labute approximate surface area is 136 Å². The summed E-state index contributed by atoms with van der Waals surface area (Å²) in [5.41, 5.74) is 3.64. The first-order valence-corrected chi connectivity index (χ1v) is 7.40. The van der Waals surface area contributed by atoms with Crippen molar-refractivity contribution in [2.24, 2.45) is 9.98 Å². The molecule has 1 amide bonds. The molecular weight excluding hydrogens is 286 g/mol. The van der Waals surface area contributed by atoms with Crippen molar-refractivity contribution < 1.29 is 4.79 Å². The van der Waals surface area contributed by atoms with Crippen LogP contribution in [0.25, 0.3) is 0 Å². The third-order valence-electron chi connectivity index (χ3n) is 3.15. The van der Waals surface area contributed by atoms with Crippen molar-refractivity contribution in [3.05, 3.63) is 71.8 Å². The molecule has 0 bridgehead atoms. The van der Waals surface area contributed by atoms with Gasteiger partial charge in [-0.15, -0.1) is 0 Å². The molecule has 0 aromatic heterocycles. The number of nitrogens with zero attached hydrogens (tertiary/aromatic N) is 2. The number of hydrogen-bond donors (Lipinski definition) is 1. The van der Waals surface area contributed by atoms with E-state index in [2.05, 4.69) is 21.3 Å². The van der Waals surface area contributed by atoms with Crippen LogP contribution in [-0.2, 0) is 11.3 Å². The summed E-state index contributed by atoms with van der Waals surface area (Å²) in [7, 11) is 0. The van der Waals surface area contributed by atoms with Crippen LogP contribution < -0.4 is 5.32 Å². The molecule has 0 heterocycles. The second-order valence-corrected chi connectivity index (χ2v) is 5.01. The Hall–Kier alpha value is -2.97. The van der Waals surface area contributed by atoms with Crippen LogP contribution in [0, 0.1) is 6.92 Å². The first kappa shape index (κ1) is 16.4. The summed E-state index contributed by atoms with van der Waals surface area (Å²) in [6, 6.07) is 18.1. The predicted molar refractivity (Wildman–Crippen MR) is 93.5 cm³/mol. The van der Waals surface area contributed by atoms with Crippen LogP contribution in [0.5, 0.6) is 0 Å². The Bertz CT molecular complexity index is 754.